The van der Waals surface area contributed by atoms with E-state index in [2.05, 4.69) is 12.2 Å². The average molecular weight is 364 g/mol. The molecule has 0 aromatic heterocycles. The van der Waals surface area contributed by atoms with Crippen molar-refractivity contribution in [1.29, 1.82) is 0 Å². The Morgan fingerprint density at radius 1 is 1.12 bits per heavy atom. The van der Waals surface area contributed by atoms with Crippen LogP contribution in [0.4, 0.5) is 5.69 Å². The number of unbranched alkanes of at least 4 members (excludes halogenated alkanes) is 1. The van der Waals surface area contributed by atoms with E-state index in [0.29, 0.717) is 23.7 Å². The van der Waals surface area contributed by atoms with Gasteiger partial charge in [-0.2, -0.15) is 0 Å². The number of benzene rings is 2. The summed E-state index contributed by atoms with van der Waals surface area (Å²) in [6.07, 6.45) is 1.98. The lowest BCUT2D eigenvalue weighted by molar-refractivity contribution is 0.412. The lowest BCUT2D eigenvalue weighted by Crippen LogP contribution is -2.15. The molecule has 2 aromatic carbocycles. The number of anilines is 1. The molecule has 0 spiro atoms. The first-order chi connectivity index (χ1) is 11.8. The SMILES string of the molecule is CCCCNc1cc(C)cc(S(N)(=O)=O)c1Oc1ccc(OC)cc1. The topological polar surface area (TPSA) is 90.7 Å². The number of nitrogens with two attached hydrogens (primary N) is 1. The van der Waals surface area contributed by atoms with Crippen molar-refractivity contribution in [3.05, 3.63) is 42.0 Å². The Labute approximate surface area is 149 Å². The molecule has 7 heteroatoms. The van der Waals surface area contributed by atoms with E-state index in [0.717, 1.165) is 18.4 Å². The van der Waals surface area contributed by atoms with Gasteiger partial charge in [0.1, 0.15) is 16.4 Å². The smallest absolute Gasteiger partial charge is 0.241 e. The number of nitrogens with one attached hydrogen (secondary N) is 1. The summed E-state index contributed by atoms with van der Waals surface area (Å²) in [7, 11) is -2.36. The van der Waals surface area contributed by atoms with Gasteiger partial charge in [-0.3, -0.25) is 0 Å². The lowest BCUT2D eigenvalue weighted by Gasteiger charge is -2.17. The molecule has 2 rings (SSSR count). The van der Waals surface area contributed by atoms with Crippen LogP contribution in [0.15, 0.2) is 41.3 Å². The Morgan fingerprint density at radius 3 is 2.32 bits per heavy atom. The Bertz CT molecular complexity index is 818. The fraction of sp³-hybridized carbons (Fsp3) is 0.333. The standard InChI is InChI=1S/C18H24N2O4S/c1-4-5-10-20-16-11-13(2)12-17(25(19,21)22)18(16)24-15-8-6-14(23-3)7-9-15/h6-9,11-12,20H,4-5,10H2,1-3H3,(H2,19,21,22). The van der Waals surface area contributed by atoms with Crippen LogP contribution in [0, 0.1) is 6.92 Å². The maximum Gasteiger partial charge on any atom is 0.241 e. The number of sulfonamides is 1. The van der Waals surface area contributed by atoms with Gasteiger partial charge in [0.2, 0.25) is 10.0 Å². The minimum Gasteiger partial charge on any atom is -0.497 e. The summed E-state index contributed by atoms with van der Waals surface area (Å²) in [6, 6.07) is 10.3. The number of hydrogen-bond donors (Lipinski definition) is 2. The predicted molar refractivity (Wildman–Crippen MR) is 99.0 cm³/mol. The van der Waals surface area contributed by atoms with Crippen LogP contribution < -0.4 is 19.9 Å². The van der Waals surface area contributed by atoms with Crippen molar-refractivity contribution in [3.63, 3.8) is 0 Å². The Kier molecular flexibility index (Phi) is 6.27. The van der Waals surface area contributed by atoms with Crippen LogP contribution in [0.1, 0.15) is 25.3 Å². The summed E-state index contributed by atoms with van der Waals surface area (Å²) < 4.78 is 35.1. The van der Waals surface area contributed by atoms with E-state index in [1.165, 1.54) is 6.07 Å². The van der Waals surface area contributed by atoms with E-state index in [9.17, 15) is 8.42 Å². The second-order valence-corrected chi connectivity index (χ2v) is 7.27. The molecular formula is C18H24N2O4S. The van der Waals surface area contributed by atoms with Crippen molar-refractivity contribution in [2.45, 2.75) is 31.6 Å². The highest BCUT2D eigenvalue weighted by Gasteiger charge is 2.20. The average Bonchev–Trinajstić information content (AvgIpc) is 2.56. The molecule has 0 saturated carbocycles. The van der Waals surface area contributed by atoms with Gasteiger partial charge in [-0.25, -0.2) is 13.6 Å². The van der Waals surface area contributed by atoms with Gasteiger partial charge in [0, 0.05) is 6.54 Å². The summed E-state index contributed by atoms with van der Waals surface area (Å²) in [5, 5.41) is 8.63. The zero-order valence-corrected chi connectivity index (χ0v) is 15.5. The number of methoxy groups -OCH3 is 1. The molecule has 25 heavy (non-hydrogen) atoms. The van der Waals surface area contributed by atoms with Crippen LogP contribution in [0.2, 0.25) is 0 Å². The molecule has 2 aromatic rings. The lowest BCUT2D eigenvalue weighted by atomic mass is 10.2. The third-order valence-electron chi connectivity index (χ3n) is 3.63. The van der Waals surface area contributed by atoms with Gasteiger partial charge in [0.15, 0.2) is 5.75 Å². The minimum absolute atomic E-state index is 0.0395. The fourth-order valence-corrected chi connectivity index (χ4v) is 3.11. The molecule has 0 atom stereocenters. The summed E-state index contributed by atoms with van der Waals surface area (Å²) in [5.41, 5.74) is 1.39. The third kappa shape index (κ3) is 5.11. The Balaban J connectivity index is 2.46. The molecule has 0 amide bonds. The molecule has 3 N–H and O–H groups in total. The first kappa shape index (κ1) is 19.1. The van der Waals surface area contributed by atoms with E-state index in [1.807, 2.05) is 13.0 Å². The van der Waals surface area contributed by atoms with Crippen molar-refractivity contribution < 1.29 is 17.9 Å². The molecule has 136 valence electrons. The molecule has 0 saturated heterocycles. The van der Waals surface area contributed by atoms with E-state index < -0.39 is 10.0 Å². The molecule has 0 bridgehead atoms. The van der Waals surface area contributed by atoms with Crippen molar-refractivity contribution in [2.75, 3.05) is 19.0 Å². The van der Waals surface area contributed by atoms with E-state index >= 15 is 0 Å². The number of ether oxygens (including phenoxy) is 2. The van der Waals surface area contributed by atoms with Gasteiger partial charge in [0.25, 0.3) is 0 Å². The molecule has 6 nitrogen and oxygen atoms in total. The van der Waals surface area contributed by atoms with Crippen molar-refractivity contribution >= 4 is 15.7 Å². The maximum atomic E-state index is 12.0. The zero-order chi connectivity index (χ0) is 18.4. The van der Waals surface area contributed by atoms with Crippen molar-refractivity contribution in [3.8, 4) is 17.2 Å². The molecule has 0 aliphatic carbocycles. The van der Waals surface area contributed by atoms with Crippen LogP contribution in [-0.2, 0) is 10.0 Å². The van der Waals surface area contributed by atoms with E-state index in [4.69, 9.17) is 14.6 Å². The second kappa shape index (κ2) is 8.22. The van der Waals surface area contributed by atoms with Crippen LogP contribution in [0.5, 0.6) is 17.2 Å². The Hall–Kier alpha value is -2.25. The van der Waals surface area contributed by atoms with Gasteiger partial charge >= 0.3 is 0 Å². The van der Waals surface area contributed by atoms with E-state index in [1.54, 1.807) is 31.4 Å². The first-order valence-electron chi connectivity index (χ1n) is 8.08. The first-order valence-corrected chi connectivity index (χ1v) is 9.63. The second-order valence-electron chi connectivity index (χ2n) is 5.74. The van der Waals surface area contributed by atoms with Crippen LogP contribution >= 0.6 is 0 Å². The van der Waals surface area contributed by atoms with Crippen LogP contribution in [0.3, 0.4) is 0 Å². The highest BCUT2D eigenvalue weighted by atomic mass is 32.2. The fourth-order valence-electron chi connectivity index (χ4n) is 2.35. The monoisotopic (exact) mass is 364 g/mol. The summed E-state index contributed by atoms with van der Waals surface area (Å²) in [4.78, 5) is -0.0395. The van der Waals surface area contributed by atoms with Gasteiger partial charge in [0.05, 0.1) is 12.8 Å². The zero-order valence-electron chi connectivity index (χ0n) is 14.7. The summed E-state index contributed by atoms with van der Waals surface area (Å²) in [6.45, 7) is 4.61. The molecule has 0 radical (unpaired) electrons. The number of hydrogen-bond acceptors (Lipinski definition) is 5. The van der Waals surface area contributed by atoms with Crippen molar-refractivity contribution in [1.82, 2.24) is 0 Å². The van der Waals surface area contributed by atoms with Crippen LogP contribution in [0.25, 0.3) is 0 Å². The number of primary sulfonamides is 1. The minimum atomic E-state index is -3.93. The highest BCUT2D eigenvalue weighted by Crippen LogP contribution is 2.37. The third-order valence-corrected chi connectivity index (χ3v) is 4.55. The number of aryl methyl sites for hydroxylation is 1. The summed E-state index contributed by atoms with van der Waals surface area (Å²) in [5.74, 6) is 1.38. The molecule has 0 aliphatic rings. The quantitative estimate of drug-likeness (QED) is 0.698. The number of rotatable bonds is 8. The Morgan fingerprint density at radius 2 is 1.76 bits per heavy atom. The van der Waals surface area contributed by atoms with E-state index in [-0.39, 0.29) is 10.6 Å². The normalized spacial score (nSPS) is 11.2. The largest absolute Gasteiger partial charge is 0.497 e. The van der Waals surface area contributed by atoms with Crippen LogP contribution in [-0.4, -0.2) is 22.1 Å². The molecule has 0 heterocycles. The van der Waals surface area contributed by atoms with Crippen molar-refractivity contribution in [2.24, 2.45) is 5.14 Å². The highest BCUT2D eigenvalue weighted by molar-refractivity contribution is 7.89. The van der Waals surface area contributed by atoms with Gasteiger partial charge in [-0.05, 0) is 55.3 Å². The summed E-state index contributed by atoms with van der Waals surface area (Å²) >= 11 is 0. The predicted octanol–water partition coefficient (Wildman–Crippen LogP) is 3.66. The molecule has 0 unspecified atom stereocenters. The van der Waals surface area contributed by atoms with Gasteiger partial charge < -0.3 is 14.8 Å². The molecule has 0 fully saturated rings. The molecular weight excluding hydrogens is 340 g/mol. The van der Waals surface area contributed by atoms with Gasteiger partial charge in [-0.1, -0.05) is 13.3 Å². The molecule has 0 aliphatic heterocycles. The van der Waals surface area contributed by atoms with Gasteiger partial charge in [-0.15, -0.1) is 0 Å². The maximum absolute atomic E-state index is 12.0.